The number of anilines is 2. The Morgan fingerprint density at radius 2 is 1.25 bits per heavy atom. The molecule has 2 heterocycles. The molecule has 0 unspecified atom stereocenters. The molecule has 200 valence electrons. The van der Waals surface area contributed by atoms with Crippen LogP contribution >= 0.6 is 0 Å². The molecule has 0 radical (unpaired) electrons. The van der Waals surface area contributed by atoms with E-state index in [0.717, 1.165) is 0 Å². The monoisotopic (exact) mass is 501 g/mol. The lowest BCUT2D eigenvalue weighted by molar-refractivity contribution is -0.119. The number of hydrogen-bond donors (Lipinski definition) is 2. The number of aromatic nitrogens is 3. The Hall–Kier alpha value is -3.23. The first kappa shape index (κ1) is 30.8. The number of Topliss-reactive ketones (excluding diaryl/α,β-unsaturated/α-hetero) is 2. The van der Waals surface area contributed by atoms with E-state index >= 15 is 0 Å². The largest absolute Gasteiger partial charge is 0.346 e. The minimum Gasteiger partial charge on any atom is -0.346 e. The standard InChI is InChI=1S/C14H22N2O2.C13H21N3O2/c1-9(2)6-13(17)12-7-11(8-16(12)5)15-14(18)10(3)4;1-8(2)6-10(17)12-14-11(7-16(12)5)15-13(18)9(3)4/h7-10H,6H2,1-5H3,(H,15,18);7-9H,6H2,1-5H3,(H,15,18). The van der Waals surface area contributed by atoms with Gasteiger partial charge in [-0.2, -0.15) is 0 Å². The molecule has 0 aliphatic rings. The summed E-state index contributed by atoms with van der Waals surface area (Å²) in [6.07, 6.45) is 4.42. The maximum atomic E-state index is 12.0. The number of ketones is 2. The summed E-state index contributed by atoms with van der Waals surface area (Å²) < 4.78 is 3.42. The van der Waals surface area contributed by atoms with Crippen molar-refractivity contribution >= 4 is 34.9 Å². The van der Waals surface area contributed by atoms with Crippen LogP contribution in [-0.4, -0.2) is 37.5 Å². The molecule has 0 aliphatic carbocycles. The zero-order valence-corrected chi connectivity index (χ0v) is 23.4. The third kappa shape index (κ3) is 9.79. The van der Waals surface area contributed by atoms with Crippen molar-refractivity contribution < 1.29 is 19.2 Å². The number of nitrogens with zero attached hydrogens (tertiary/aromatic N) is 3. The van der Waals surface area contributed by atoms with Gasteiger partial charge in [0.1, 0.15) is 0 Å². The van der Waals surface area contributed by atoms with Crippen LogP contribution in [0, 0.1) is 23.7 Å². The summed E-state index contributed by atoms with van der Waals surface area (Å²) in [6, 6.07) is 1.74. The van der Waals surface area contributed by atoms with Crippen LogP contribution in [0.25, 0.3) is 0 Å². The minimum absolute atomic E-state index is 0.00227. The van der Waals surface area contributed by atoms with Crippen molar-refractivity contribution in [2.75, 3.05) is 10.6 Å². The van der Waals surface area contributed by atoms with E-state index < -0.39 is 0 Å². The summed E-state index contributed by atoms with van der Waals surface area (Å²) >= 11 is 0. The van der Waals surface area contributed by atoms with Crippen molar-refractivity contribution in [3.05, 3.63) is 30.0 Å². The van der Waals surface area contributed by atoms with Crippen molar-refractivity contribution in [3.63, 3.8) is 0 Å². The molecule has 9 heteroatoms. The first-order valence-electron chi connectivity index (χ1n) is 12.5. The van der Waals surface area contributed by atoms with Crippen LogP contribution < -0.4 is 10.6 Å². The molecule has 2 aromatic rings. The number of amides is 2. The van der Waals surface area contributed by atoms with E-state index in [0.29, 0.717) is 47.7 Å². The third-order valence-electron chi connectivity index (χ3n) is 5.17. The molecule has 2 aromatic heterocycles. The van der Waals surface area contributed by atoms with Gasteiger partial charge in [-0.25, -0.2) is 4.98 Å². The van der Waals surface area contributed by atoms with Crippen LogP contribution in [0.2, 0.25) is 0 Å². The van der Waals surface area contributed by atoms with Crippen molar-refractivity contribution in [1.82, 2.24) is 14.1 Å². The second-order valence-corrected chi connectivity index (χ2v) is 10.6. The highest BCUT2D eigenvalue weighted by Gasteiger charge is 2.17. The van der Waals surface area contributed by atoms with Crippen molar-refractivity contribution in [3.8, 4) is 0 Å². The van der Waals surface area contributed by atoms with Gasteiger partial charge in [-0.15, -0.1) is 0 Å². The molecule has 9 nitrogen and oxygen atoms in total. The minimum atomic E-state index is -0.109. The third-order valence-corrected chi connectivity index (χ3v) is 5.17. The van der Waals surface area contributed by atoms with Gasteiger partial charge in [0.2, 0.25) is 11.8 Å². The molecule has 0 aromatic carbocycles. The van der Waals surface area contributed by atoms with E-state index in [1.807, 2.05) is 62.4 Å². The second-order valence-electron chi connectivity index (χ2n) is 10.6. The number of hydrogen-bond acceptors (Lipinski definition) is 5. The van der Waals surface area contributed by atoms with E-state index in [9.17, 15) is 19.2 Å². The van der Waals surface area contributed by atoms with Crippen molar-refractivity contribution in [2.45, 2.75) is 68.2 Å². The molecule has 0 fully saturated rings. The second kappa shape index (κ2) is 13.8. The van der Waals surface area contributed by atoms with E-state index in [4.69, 9.17) is 0 Å². The quantitative estimate of drug-likeness (QED) is 0.440. The fraction of sp³-hybridized carbons (Fsp3) is 0.593. The van der Waals surface area contributed by atoms with Gasteiger partial charge in [0.05, 0.1) is 11.4 Å². The van der Waals surface area contributed by atoms with Gasteiger partial charge in [-0.1, -0.05) is 55.4 Å². The number of nitrogens with one attached hydrogen (secondary N) is 2. The van der Waals surface area contributed by atoms with Gasteiger partial charge < -0.3 is 19.8 Å². The fourth-order valence-electron chi connectivity index (χ4n) is 3.19. The average Bonchev–Trinajstić information content (AvgIpc) is 3.29. The highest BCUT2D eigenvalue weighted by molar-refractivity contribution is 5.98. The van der Waals surface area contributed by atoms with E-state index in [-0.39, 0.29) is 35.2 Å². The number of imidazole rings is 1. The van der Waals surface area contributed by atoms with Gasteiger partial charge in [-0.05, 0) is 17.9 Å². The highest BCUT2D eigenvalue weighted by atomic mass is 16.2. The van der Waals surface area contributed by atoms with Gasteiger partial charge in [0.15, 0.2) is 23.2 Å². The van der Waals surface area contributed by atoms with Gasteiger partial charge in [0, 0.05) is 51.2 Å². The maximum absolute atomic E-state index is 12.0. The Morgan fingerprint density at radius 1 is 0.750 bits per heavy atom. The van der Waals surface area contributed by atoms with E-state index in [1.165, 1.54) is 0 Å². The molecule has 0 bridgehead atoms. The molecule has 0 saturated carbocycles. The molecule has 0 aliphatic heterocycles. The first-order valence-corrected chi connectivity index (χ1v) is 12.5. The summed E-state index contributed by atoms with van der Waals surface area (Å²) in [7, 11) is 3.57. The SMILES string of the molecule is CC(C)CC(=O)c1cc(NC(=O)C(C)C)cn1C.CC(C)CC(=O)c1nc(NC(=O)C(C)C)cn1C. The van der Waals surface area contributed by atoms with Crippen LogP contribution in [0.15, 0.2) is 18.5 Å². The number of aryl methyl sites for hydroxylation is 2. The molecule has 36 heavy (non-hydrogen) atoms. The Bertz CT molecular complexity index is 976. The number of rotatable bonds is 10. The van der Waals surface area contributed by atoms with Crippen LogP contribution in [0.1, 0.15) is 89.3 Å². The average molecular weight is 502 g/mol. The maximum Gasteiger partial charge on any atom is 0.228 e. The van der Waals surface area contributed by atoms with Crippen molar-refractivity contribution in [2.24, 2.45) is 37.8 Å². The van der Waals surface area contributed by atoms with E-state index in [2.05, 4.69) is 15.6 Å². The van der Waals surface area contributed by atoms with Gasteiger partial charge in [-0.3, -0.25) is 19.2 Å². The molecular weight excluding hydrogens is 458 g/mol. The molecule has 0 spiro atoms. The summed E-state index contributed by atoms with van der Waals surface area (Å²) in [6.45, 7) is 15.3. The molecule has 2 rings (SSSR count). The fourth-order valence-corrected chi connectivity index (χ4v) is 3.19. The van der Waals surface area contributed by atoms with Crippen LogP contribution in [-0.2, 0) is 23.7 Å². The smallest absolute Gasteiger partial charge is 0.228 e. The Morgan fingerprint density at radius 3 is 1.75 bits per heavy atom. The summed E-state index contributed by atoms with van der Waals surface area (Å²) in [5, 5.41) is 5.49. The van der Waals surface area contributed by atoms with Crippen LogP contribution in [0.4, 0.5) is 11.5 Å². The van der Waals surface area contributed by atoms with Crippen LogP contribution in [0.3, 0.4) is 0 Å². The number of carbonyl (C=O) groups is 4. The molecule has 0 atom stereocenters. The first-order chi connectivity index (χ1) is 16.6. The van der Waals surface area contributed by atoms with Gasteiger partial charge in [0.25, 0.3) is 0 Å². The zero-order chi connectivity index (χ0) is 27.7. The summed E-state index contributed by atoms with van der Waals surface area (Å²) in [5.41, 5.74) is 1.33. The number of carbonyl (C=O) groups excluding carboxylic acids is 4. The zero-order valence-electron chi connectivity index (χ0n) is 23.4. The lowest BCUT2D eigenvalue weighted by atomic mass is 10.1. The highest BCUT2D eigenvalue weighted by Crippen LogP contribution is 2.17. The van der Waals surface area contributed by atoms with E-state index in [1.54, 1.807) is 34.6 Å². The normalized spacial score (nSPS) is 11.1. The predicted octanol–water partition coefficient (Wildman–Crippen LogP) is 5.09. The molecule has 2 amide bonds. The topological polar surface area (TPSA) is 115 Å². The Kier molecular flexibility index (Phi) is 11.8. The predicted molar refractivity (Wildman–Crippen MR) is 143 cm³/mol. The summed E-state index contributed by atoms with van der Waals surface area (Å²) in [4.78, 5) is 51.2. The lowest BCUT2D eigenvalue weighted by Crippen LogP contribution is -2.18. The van der Waals surface area contributed by atoms with Crippen LogP contribution in [0.5, 0.6) is 0 Å². The van der Waals surface area contributed by atoms with Gasteiger partial charge >= 0.3 is 0 Å². The Balaban J connectivity index is 0.000000360. The summed E-state index contributed by atoms with van der Waals surface area (Å²) in [5.74, 6) is 1.24. The Labute approximate surface area is 215 Å². The molecular formula is C27H43N5O4. The molecule has 0 saturated heterocycles. The molecule has 2 N–H and O–H groups in total. The van der Waals surface area contributed by atoms with Crippen molar-refractivity contribution in [1.29, 1.82) is 0 Å². The lowest BCUT2D eigenvalue weighted by Gasteiger charge is -2.04.